The van der Waals surface area contributed by atoms with Gasteiger partial charge in [-0.05, 0) is 24.6 Å². The van der Waals surface area contributed by atoms with Gasteiger partial charge in [0, 0.05) is 18.1 Å². The van der Waals surface area contributed by atoms with Crippen LogP contribution in [0.25, 0.3) is 0 Å². The molecule has 1 atom stereocenters. The minimum absolute atomic E-state index is 0.0501. The van der Waals surface area contributed by atoms with Gasteiger partial charge < -0.3 is 9.47 Å². The van der Waals surface area contributed by atoms with Gasteiger partial charge in [-0.1, -0.05) is 11.6 Å². The molecule has 1 aliphatic rings. The van der Waals surface area contributed by atoms with Gasteiger partial charge in [-0.2, -0.15) is 0 Å². The molecule has 3 nitrogen and oxygen atoms in total. The van der Waals surface area contributed by atoms with Crippen molar-refractivity contribution in [1.82, 2.24) is 0 Å². The van der Waals surface area contributed by atoms with Gasteiger partial charge in [0.1, 0.15) is 5.75 Å². The van der Waals surface area contributed by atoms with E-state index in [1.165, 1.54) is 0 Å². The van der Waals surface area contributed by atoms with Crippen molar-refractivity contribution < 1.29 is 14.3 Å². The Morgan fingerprint density at radius 1 is 1.56 bits per heavy atom. The topological polar surface area (TPSA) is 35.5 Å². The number of hydrogen-bond donors (Lipinski definition) is 0. The molecule has 0 aliphatic carbocycles. The number of halogens is 1. The van der Waals surface area contributed by atoms with Crippen molar-refractivity contribution in [3.8, 4) is 5.75 Å². The zero-order valence-corrected chi connectivity index (χ0v) is 9.79. The summed E-state index contributed by atoms with van der Waals surface area (Å²) in [5.74, 6) is 0.667. The highest BCUT2D eigenvalue weighted by atomic mass is 35.5. The standard InChI is InChI=1S/C12H13ClO3/c1-15-9-2-3-10(11(13)6-9)12(14)8-4-5-16-7-8/h2-3,6,8H,4-5,7H2,1H3. The predicted molar refractivity (Wildman–Crippen MR) is 61.3 cm³/mol. The Morgan fingerprint density at radius 3 is 2.94 bits per heavy atom. The van der Waals surface area contributed by atoms with Crippen molar-refractivity contribution in [3.05, 3.63) is 28.8 Å². The SMILES string of the molecule is COc1ccc(C(=O)C2CCOC2)c(Cl)c1. The van der Waals surface area contributed by atoms with Gasteiger partial charge in [0.05, 0.1) is 18.7 Å². The second-order valence-electron chi connectivity index (χ2n) is 3.77. The first-order valence-electron chi connectivity index (χ1n) is 5.18. The summed E-state index contributed by atoms with van der Waals surface area (Å²) < 4.78 is 10.2. The van der Waals surface area contributed by atoms with E-state index in [2.05, 4.69) is 0 Å². The summed E-state index contributed by atoms with van der Waals surface area (Å²) in [5.41, 5.74) is 0.554. The molecule has 0 N–H and O–H groups in total. The molecule has 16 heavy (non-hydrogen) atoms. The van der Waals surface area contributed by atoms with Gasteiger partial charge >= 0.3 is 0 Å². The molecule has 0 aromatic heterocycles. The van der Waals surface area contributed by atoms with Gasteiger partial charge in [0.25, 0.3) is 0 Å². The first-order chi connectivity index (χ1) is 7.72. The highest BCUT2D eigenvalue weighted by Gasteiger charge is 2.26. The zero-order chi connectivity index (χ0) is 11.5. The summed E-state index contributed by atoms with van der Waals surface area (Å²) in [6.07, 6.45) is 0.779. The van der Waals surface area contributed by atoms with E-state index in [0.717, 1.165) is 6.42 Å². The Kier molecular flexibility index (Phi) is 3.46. The van der Waals surface area contributed by atoms with Crippen molar-refractivity contribution in [2.45, 2.75) is 6.42 Å². The van der Waals surface area contributed by atoms with E-state index < -0.39 is 0 Å². The molecule has 86 valence electrons. The second kappa shape index (κ2) is 4.85. The average Bonchev–Trinajstić information content (AvgIpc) is 2.81. The summed E-state index contributed by atoms with van der Waals surface area (Å²) in [6, 6.07) is 5.11. The lowest BCUT2D eigenvalue weighted by Gasteiger charge is -2.09. The first-order valence-corrected chi connectivity index (χ1v) is 5.55. The lowest BCUT2D eigenvalue weighted by Crippen LogP contribution is -2.15. The number of hydrogen-bond acceptors (Lipinski definition) is 3. The fourth-order valence-electron chi connectivity index (χ4n) is 1.78. The number of benzene rings is 1. The van der Waals surface area contributed by atoms with Crippen LogP contribution < -0.4 is 4.74 Å². The van der Waals surface area contributed by atoms with Crippen LogP contribution in [0.5, 0.6) is 5.75 Å². The van der Waals surface area contributed by atoms with Crippen LogP contribution in [-0.4, -0.2) is 26.1 Å². The molecule has 1 saturated heterocycles. The minimum atomic E-state index is -0.0501. The molecule has 1 unspecified atom stereocenters. The van der Waals surface area contributed by atoms with E-state index in [1.807, 2.05) is 0 Å². The van der Waals surface area contributed by atoms with Crippen molar-refractivity contribution >= 4 is 17.4 Å². The van der Waals surface area contributed by atoms with Crippen LogP contribution in [0.4, 0.5) is 0 Å². The molecule has 0 spiro atoms. The van der Waals surface area contributed by atoms with Crippen LogP contribution in [0.1, 0.15) is 16.8 Å². The normalized spacial score (nSPS) is 19.8. The monoisotopic (exact) mass is 240 g/mol. The summed E-state index contributed by atoms with van der Waals surface area (Å²) in [4.78, 5) is 12.1. The number of rotatable bonds is 3. The molecule has 2 rings (SSSR count). The van der Waals surface area contributed by atoms with E-state index in [-0.39, 0.29) is 11.7 Å². The average molecular weight is 241 g/mol. The van der Waals surface area contributed by atoms with Crippen molar-refractivity contribution in [1.29, 1.82) is 0 Å². The van der Waals surface area contributed by atoms with Crippen LogP contribution in [0.15, 0.2) is 18.2 Å². The zero-order valence-electron chi connectivity index (χ0n) is 9.03. The minimum Gasteiger partial charge on any atom is -0.497 e. The maximum atomic E-state index is 12.1. The van der Waals surface area contributed by atoms with E-state index in [1.54, 1.807) is 25.3 Å². The Labute approximate surface area is 99.3 Å². The van der Waals surface area contributed by atoms with Crippen LogP contribution in [0, 0.1) is 5.92 Å². The van der Waals surface area contributed by atoms with Crippen molar-refractivity contribution in [2.75, 3.05) is 20.3 Å². The number of ketones is 1. The number of carbonyl (C=O) groups excluding carboxylic acids is 1. The Balaban J connectivity index is 2.22. The van der Waals surface area contributed by atoms with Crippen molar-refractivity contribution in [3.63, 3.8) is 0 Å². The molecule has 0 amide bonds. The molecule has 1 fully saturated rings. The van der Waals surface area contributed by atoms with E-state index in [9.17, 15) is 4.79 Å². The Hall–Kier alpha value is -1.06. The lowest BCUT2D eigenvalue weighted by atomic mass is 9.97. The third kappa shape index (κ3) is 2.20. The number of ether oxygens (including phenoxy) is 2. The van der Waals surface area contributed by atoms with E-state index in [4.69, 9.17) is 21.1 Å². The maximum absolute atomic E-state index is 12.1. The summed E-state index contributed by atoms with van der Waals surface area (Å²) in [6.45, 7) is 1.16. The molecule has 0 saturated carbocycles. The van der Waals surface area contributed by atoms with E-state index in [0.29, 0.717) is 29.5 Å². The molecular weight excluding hydrogens is 228 g/mol. The summed E-state index contributed by atoms with van der Waals surface area (Å²) in [5, 5.41) is 0.441. The summed E-state index contributed by atoms with van der Waals surface area (Å²) >= 11 is 6.04. The smallest absolute Gasteiger partial charge is 0.169 e. The quantitative estimate of drug-likeness (QED) is 0.762. The molecule has 1 aromatic carbocycles. The second-order valence-corrected chi connectivity index (χ2v) is 4.18. The fourth-order valence-corrected chi connectivity index (χ4v) is 2.05. The fraction of sp³-hybridized carbons (Fsp3) is 0.417. The number of Topliss-reactive ketones (excluding diaryl/α,β-unsaturated/α-hetero) is 1. The van der Waals surface area contributed by atoms with Crippen molar-refractivity contribution in [2.24, 2.45) is 5.92 Å². The van der Waals surface area contributed by atoms with Crippen LogP contribution in [-0.2, 0) is 4.74 Å². The van der Waals surface area contributed by atoms with Gasteiger partial charge in [0.15, 0.2) is 5.78 Å². The van der Waals surface area contributed by atoms with Gasteiger partial charge in [0.2, 0.25) is 0 Å². The van der Waals surface area contributed by atoms with Gasteiger partial charge in [-0.3, -0.25) is 4.79 Å². The molecule has 1 aromatic rings. The molecule has 1 heterocycles. The van der Waals surface area contributed by atoms with Crippen LogP contribution in [0.3, 0.4) is 0 Å². The van der Waals surface area contributed by atoms with Crippen LogP contribution in [0.2, 0.25) is 5.02 Å². The third-order valence-electron chi connectivity index (χ3n) is 2.74. The molecule has 0 radical (unpaired) electrons. The Bertz CT molecular complexity index is 397. The highest BCUT2D eigenvalue weighted by Crippen LogP contribution is 2.27. The Morgan fingerprint density at radius 2 is 2.38 bits per heavy atom. The largest absolute Gasteiger partial charge is 0.497 e. The first kappa shape index (κ1) is 11.4. The predicted octanol–water partition coefficient (Wildman–Crippen LogP) is 2.57. The van der Waals surface area contributed by atoms with Crippen LogP contribution >= 0.6 is 11.6 Å². The summed E-state index contributed by atoms with van der Waals surface area (Å²) in [7, 11) is 1.57. The van der Waals surface area contributed by atoms with Gasteiger partial charge in [-0.25, -0.2) is 0 Å². The van der Waals surface area contributed by atoms with Gasteiger partial charge in [-0.15, -0.1) is 0 Å². The molecule has 1 aliphatic heterocycles. The lowest BCUT2D eigenvalue weighted by molar-refractivity contribution is 0.0900. The number of carbonyl (C=O) groups is 1. The molecule has 0 bridgehead atoms. The highest BCUT2D eigenvalue weighted by molar-refractivity contribution is 6.34. The number of methoxy groups -OCH3 is 1. The van der Waals surface area contributed by atoms with E-state index >= 15 is 0 Å². The third-order valence-corrected chi connectivity index (χ3v) is 3.05. The molecule has 4 heteroatoms. The maximum Gasteiger partial charge on any atom is 0.169 e. The molecular formula is C12H13ClO3.